The number of rotatable bonds is 9. The van der Waals surface area contributed by atoms with Gasteiger partial charge in [0.1, 0.15) is 11.6 Å². The van der Waals surface area contributed by atoms with E-state index in [9.17, 15) is 52.3 Å². The molecule has 0 bridgehead atoms. The number of aryl methyl sites for hydroxylation is 1. The van der Waals surface area contributed by atoms with Crippen molar-refractivity contribution in [1.82, 2.24) is 0 Å². The number of methoxy groups -OCH3 is 1. The lowest BCUT2D eigenvalue weighted by atomic mass is 10.0. The van der Waals surface area contributed by atoms with Crippen LogP contribution < -0.4 is 8.92 Å². The largest absolute Gasteiger partial charge is 0.467 e. The fourth-order valence-corrected chi connectivity index (χ4v) is 3.67. The summed E-state index contributed by atoms with van der Waals surface area (Å²) in [6.45, 7) is 0.823. The molecule has 0 spiro atoms. The fourth-order valence-electron chi connectivity index (χ4n) is 2.76. The first kappa shape index (κ1) is 27.8. The maximum atomic E-state index is 14.2. The van der Waals surface area contributed by atoms with Crippen LogP contribution in [0.3, 0.4) is 0 Å². The second-order valence-corrected chi connectivity index (χ2v) is 8.24. The molecule has 0 aliphatic carbocycles. The lowest BCUT2D eigenvalue weighted by Crippen LogP contribution is -2.63. The Morgan fingerprint density at radius 3 is 2.00 bits per heavy atom. The molecule has 0 unspecified atom stereocenters. The summed E-state index contributed by atoms with van der Waals surface area (Å²) in [5.74, 6) is -17.6. The molecule has 0 heterocycles. The summed E-state index contributed by atoms with van der Waals surface area (Å²) in [7, 11) is -6.10. The van der Waals surface area contributed by atoms with Crippen LogP contribution in [0.1, 0.15) is 12.5 Å². The maximum absolute atomic E-state index is 14.2. The standard InChI is InChI=1S/C18H14F10O5S/c1-3-11-12(19)5-4-9-6-10(32-8-31-2)7-13(14(9)11)33-34(29,30)18(27,28)16(22,23)15(20,21)17(24,25)26/h4-7H,3,8H2,1-2H3. The van der Waals surface area contributed by atoms with E-state index in [2.05, 4.69) is 8.92 Å². The number of halogens is 10. The van der Waals surface area contributed by atoms with Gasteiger partial charge < -0.3 is 13.7 Å². The molecule has 0 atom stereocenters. The lowest BCUT2D eigenvalue weighted by molar-refractivity contribution is -0.382. The Balaban J connectivity index is 2.73. The highest BCUT2D eigenvalue weighted by molar-refractivity contribution is 7.88. The van der Waals surface area contributed by atoms with Crippen LogP contribution in [0, 0.1) is 5.82 Å². The van der Waals surface area contributed by atoms with E-state index < -0.39 is 57.1 Å². The molecule has 0 aliphatic rings. The van der Waals surface area contributed by atoms with Crippen LogP contribution in [0.2, 0.25) is 0 Å². The Bertz CT molecular complexity index is 1160. The van der Waals surface area contributed by atoms with E-state index in [0.717, 1.165) is 25.3 Å². The molecule has 0 fully saturated rings. The molecule has 2 rings (SSSR count). The Labute approximate surface area is 185 Å². The first-order valence-electron chi connectivity index (χ1n) is 8.86. The first-order valence-corrected chi connectivity index (χ1v) is 10.3. The van der Waals surface area contributed by atoms with E-state index >= 15 is 0 Å². The third-order valence-electron chi connectivity index (χ3n) is 4.43. The molecule has 0 saturated heterocycles. The molecule has 2 aromatic carbocycles. The number of hydrogen-bond donors (Lipinski definition) is 0. The van der Waals surface area contributed by atoms with Crippen LogP contribution in [0.5, 0.6) is 11.5 Å². The third kappa shape index (κ3) is 4.44. The van der Waals surface area contributed by atoms with Gasteiger partial charge in [-0.25, -0.2) is 4.39 Å². The number of hydrogen-bond acceptors (Lipinski definition) is 5. The number of fused-ring (bicyclic) bond motifs is 1. The quantitative estimate of drug-likeness (QED) is 0.237. The number of benzene rings is 2. The SMILES string of the molecule is CCc1c(F)ccc2cc(OCOC)cc(OS(=O)(=O)C(F)(F)C(F)(F)C(F)(F)C(F)(F)F)c12. The molecule has 192 valence electrons. The van der Waals surface area contributed by atoms with Crippen molar-refractivity contribution in [2.45, 2.75) is 36.6 Å². The molecule has 0 saturated carbocycles. The second-order valence-electron chi connectivity index (χ2n) is 6.65. The summed E-state index contributed by atoms with van der Waals surface area (Å²) >= 11 is 0. The van der Waals surface area contributed by atoms with Crippen molar-refractivity contribution in [1.29, 1.82) is 0 Å². The predicted molar refractivity (Wildman–Crippen MR) is 96.2 cm³/mol. The summed E-state index contributed by atoms with van der Waals surface area (Å²) in [5.41, 5.74) is -0.364. The Hall–Kier alpha value is -2.49. The molecular weight excluding hydrogens is 518 g/mol. The van der Waals surface area contributed by atoms with Gasteiger partial charge in [0.15, 0.2) is 12.5 Å². The summed E-state index contributed by atoms with van der Waals surface area (Å²) < 4.78 is 170. The Morgan fingerprint density at radius 2 is 1.50 bits per heavy atom. The highest BCUT2D eigenvalue weighted by Gasteiger charge is 2.86. The van der Waals surface area contributed by atoms with Crippen molar-refractivity contribution < 1.29 is 66.0 Å². The van der Waals surface area contributed by atoms with Crippen molar-refractivity contribution in [2.24, 2.45) is 0 Å². The van der Waals surface area contributed by atoms with Gasteiger partial charge in [0.2, 0.25) is 0 Å². The smallest absolute Gasteiger partial charge is 0.460 e. The van der Waals surface area contributed by atoms with E-state index in [1.54, 1.807) is 0 Å². The maximum Gasteiger partial charge on any atom is 0.460 e. The van der Waals surface area contributed by atoms with Gasteiger partial charge in [0.25, 0.3) is 0 Å². The summed E-state index contributed by atoms with van der Waals surface area (Å²) in [6, 6.07) is 3.50. The summed E-state index contributed by atoms with van der Waals surface area (Å²) in [4.78, 5) is 0. The second kappa shape index (κ2) is 8.94. The van der Waals surface area contributed by atoms with Crippen molar-refractivity contribution >= 4 is 20.9 Å². The summed E-state index contributed by atoms with van der Waals surface area (Å²) in [6.07, 6.45) is -7.47. The zero-order chi connectivity index (χ0) is 26.3. The highest BCUT2D eigenvalue weighted by atomic mass is 32.2. The van der Waals surface area contributed by atoms with E-state index in [-0.39, 0.29) is 23.1 Å². The first-order chi connectivity index (χ1) is 15.4. The van der Waals surface area contributed by atoms with Crippen LogP contribution in [0.25, 0.3) is 10.8 Å². The van der Waals surface area contributed by atoms with Gasteiger partial charge in [-0.05, 0) is 29.5 Å². The highest BCUT2D eigenvalue weighted by Crippen LogP contribution is 2.55. The minimum atomic E-state index is -7.49. The molecule has 0 aliphatic heterocycles. The average molecular weight is 532 g/mol. The molecule has 16 heteroatoms. The summed E-state index contributed by atoms with van der Waals surface area (Å²) in [5, 5.41) is -7.78. The van der Waals surface area contributed by atoms with Crippen LogP contribution in [0.15, 0.2) is 24.3 Å². The van der Waals surface area contributed by atoms with Crippen molar-refractivity contribution in [2.75, 3.05) is 13.9 Å². The molecule has 0 radical (unpaired) electrons. The van der Waals surface area contributed by atoms with Gasteiger partial charge in [-0.2, -0.15) is 47.9 Å². The molecule has 5 nitrogen and oxygen atoms in total. The normalized spacial score (nSPS) is 13.9. The van der Waals surface area contributed by atoms with Crippen LogP contribution in [-0.4, -0.2) is 45.6 Å². The Kier molecular flexibility index (Phi) is 7.30. The molecular formula is C18H14F10O5S. The van der Waals surface area contributed by atoms with Crippen molar-refractivity contribution in [3.8, 4) is 11.5 Å². The van der Waals surface area contributed by atoms with Gasteiger partial charge >= 0.3 is 33.4 Å². The average Bonchev–Trinajstić information content (AvgIpc) is 2.70. The van der Waals surface area contributed by atoms with Gasteiger partial charge in [-0.15, -0.1) is 0 Å². The van der Waals surface area contributed by atoms with Gasteiger partial charge in [0, 0.05) is 18.6 Å². The third-order valence-corrected chi connectivity index (χ3v) is 5.72. The van der Waals surface area contributed by atoms with E-state index in [4.69, 9.17) is 4.74 Å². The number of alkyl halides is 9. The molecule has 0 N–H and O–H groups in total. The zero-order valence-corrected chi connectivity index (χ0v) is 17.8. The van der Waals surface area contributed by atoms with Gasteiger partial charge in [0.05, 0.1) is 0 Å². The molecule has 34 heavy (non-hydrogen) atoms. The van der Waals surface area contributed by atoms with Gasteiger partial charge in [-0.3, -0.25) is 0 Å². The van der Waals surface area contributed by atoms with E-state index in [0.29, 0.717) is 6.07 Å². The Morgan fingerprint density at radius 1 is 0.912 bits per heavy atom. The zero-order valence-electron chi connectivity index (χ0n) is 17.0. The van der Waals surface area contributed by atoms with E-state index in [1.165, 1.54) is 6.92 Å². The lowest BCUT2D eigenvalue weighted by Gasteiger charge is -2.32. The van der Waals surface area contributed by atoms with Crippen LogP contribution in [0.4, 0.5) is 43.9 Å². The molecule has 0 aromatic heterocycles. The van der Waals surface area contributed by atoms with Crippen molar-refractivity contribution in [3.05, 3.63) is 35.6 Å². The van der Waals surface area contributed by atoms with E-state index in [1.807, 2.05) is 0 Å². The minimum absolute atomic E-state index is 0.132. The minimum Gasteiger partial charge on any atom is -0.467 e. The van der Waals surface area contributed by atoms with Crippen LogP contribution in [-0.2, 0) is 21.3 Å². The van der Waals surface area contributed by atoms with Gasteiger partial charge in [-0.1, -0.05) is 13.0 Å². The fraction of sp³-hybridized carbons (Fsp3) is 0.444. The van der Waals surface area contributed by atoms with Crippen LogP contribution >= 0.6 is 0 Å². The number of ether oxygens (including phenoxy) is 2. The predicted octanol–water partition coefficient (Wildman–Crippen LogP) is 5.66. The topological polar surface area (TPSA) is 61.8 Å². The van der Waals surface area contributed by atoms with Crippen molar-refractivity contribution in [3.63, 3.8) is 0 Å². The molecule has 2 aromatic rings. The monoisotopic (exact) mass is 532 g/mol. The molecule has 0 amide bonds.